The maximum absolute atomic E-state index is 4.04. The van der Waals surface area contributed by atoms with Gasteiger partial charge in [-0.15, -0.1) is 0 Å². The molecule has 2 aromatic rings. The molecule has 1 nitrogen and oxygen atoms in total. The summed E-state index contributed by atoms with van der Waals surface area (Å²) in [6, 6.07) is 21.5. The summed E-state index contributed by atoms with van der Waals surface area (Å²) < 4.78 is 0. The van der Waals surface area contributed by atoms with Gasteiger partial charge in [-0.3, -0.25) is 0 Å². The lowest BCUT2D eigenvalue weighted by Crippen LogP contribution is -2.19. The Labute approximate surface area is 103 Å². The van der Waals surface area contributed by atoms with Crippen LogP contribution in [0.25, 0.3) is 0 Å². The minimum Gasteiger partial charge on any atom is -0.342 e. The van der Waals surface area contributed by atoms with Crippen molar-refractivity contribution in [1.82, 2.24) is 0 Å². The molecule has 0 unspecified atom stereocenters. The van der Waals surface area contributed by atoms with Crippen molar-refractivity contribution in [1.29, 1.82) is 0 Å². The summed E-state index contributed by atoms with van der Waals surface area (Å²) in [5.74, 6) is 0. The summed E-state index contributed by atoms with van der Waals surface area (Å²) in [5, 5.41) is 0. The molecule has 85 valence electrons. The number of allylic oxidation sites excluding steroid dienone is 1. The Morgan fingerprint density at radius 2 is 1.94 bits per heavy atom. The predicted molar refractivity (Wildman–Crippen MR) is 72.7 cm³/mol. The minimum atomic E-state index is 0.841. The Balaban J connectivity index is 2.23. The molecule has 2 aromatic carbocycles. The van der Waals surface area contributed by atoms with E-state index in [2.05, 4.69) is 47.9 Å². The Morgan fingerprint density at radius 3 is 2.53 bits per heavy atom. The van der Waals surface area contributed by atoms with E-state index in [-0.39, 0.29) is 0 Å². The Hall–Kier alpha value is -2.02. The molecule has 1 heteroatoms. The van der Waals surface area contributed by atoms with E-state index >= 15 is 0 Å². The van der Waals surface area contributed by atoms with Gasteiger partial charge in [-0.05, 0) is 30.7 Å². The molecule has 0 aliphatic heterocycles. The fourth-order valence-corrected chi connectivity index (χ4v) is 1.76. The van der Waals surface area contributed by atoms with Crippen LogP contribution in [-0.2, 0) is 6.54 Å². The Bertz CT molecular complexity index is 473. The van der Waals surface area contributed by atoms with Crippen molar-refractivity contribution in [2.45, 2.75) is 13.5 Å². The fraction of sp³-hybridized carbons (Fsp3) is 0.125. The van der Waals surface area contributed by atoms with Crippen LogP contribution in [-0.4, -0.2) is 0 Å². The first-order chi connectivity index (χ1) is 8.27. The van der Waals surface area contributed by atoms with E-state index in [1.165, 1.54) is 5.56 Å². The monoisotopic (exact) mass is 222 g/mol. The first-order valence-electron chi connectivity index (χ1n) is 5.70. The van der Waals surface area contributed by atoms with Gasteiger partial charge in [0.15, 0.2) is 0 Å². The highest BCUT2D eigenvalue weighted by molar-refractivity contribution is 5.51. The number of anilines is 1. The van der Waals surface area contributed by atoms with Crippen LogP contribution in [0.2, 0.25) is 0 Å². The third-order valence-corrected chi connectivity index (χ3v) is 2.65. The maximum Gasteiger partial charge on any atom is 0.0478 e. The smallest absolute Gasteiger partial charge is 0.0478 e. The molecule has 0 saturated carbocycles. The Kier molecular flexibility index (Phi) is 3.61. The molecule has 0 fully saturated rings. The molecule has 0 heterocycles. The highest BCUT2D eigenvalue weighted by Gasteiger charge is 2.07. The van der Waals surface area contributed by atoms with Gasteiger partial charge < -0.3 is 4.90 Å². The van der Waals surface area contributed by atoms with Gasteiger partial charge in [0.25, 0.3) is 0 Å². The van der Waals surface area contributed by atoms with E-state index in [1.54, 1.807) is 0 Å². The second kappa shape index (κ2) is 5.35. The summed E-state index contributed by atoms with van der Waals surface area (Å²) in [7, 11) is 0. The molecule has 0 spiro atoms. The molecule has 0 saturated heterocycles. The van der Waals surface area contributed by atoms with Crippen LogP contribution in [0, 0.1) is 6.07 Å². The van der Waals surface area contributed by atoms with Crippen LogP contribution < -0.4 is 4.90 Å². The Morgan fingerprint density at radius 1 is 1.18 bits per heavy atom. The lowest BCUT2D eigenvalue weighted by atomic mass is 10.2. The fourth-order valence-electron chi connectivity index (χ4n) is 1.76. The molecule has 0 amide bonds. The predicted octanol–water partition coefficient (Wildman–Crippen LogP) is 4.03. The molecule has 0 aliphatic rings. The van der Waals surface area contributed by atoms with Crippen molar-refractivity contribution in [2.24, 2.45) is 0 Å². The van der Waals surface area contributed by atoms with E-state index in [9.17, 15) is 0 Å². The molecule has 0 atom stereocenters. The number of hydrogen-bond acceptors (Lipinski definition) is 1. The maximum atomic E-state index is 4.04. The second-order valence-electron chi connectivity index (χ2n) is 4.07. The highest BCUT2D eigenvalue weighted by Crippen LogP contribution is 2.20. The normalized spacial score (nSPS) is 9.94. The van der Waals surface area contributed by atoms with E-state index in [4.69, 9.17) is 0 Å². The number of benzene rings is 2. The molecule has 2 rings (SSSR count). The highest BCUT2D eigenvalue weighted by atomic mass is 15.1. The van der Waals surface area contributed by atoms with Crippen molar-refractivity contribution in [3.8, 4) is 0 Å². The van der Waals surface area contributed by atoms with Crippen LogP contribution in [0.15, 0.2) is 66.9 Å². The largest absolute Gasteiger partial charge is 0.342 e. The van der Waals surface area contributed by atoms with Gasteiger partial charge in [-0.25, -0.2) is 0 Å². The minimum absolute atomic E-state index is 0.841. The van der Waals surface area contributed by atoms with Crippen LogP contribution in [0.3, 0.4) is 0 Å². The van der Waals surface area contributed by atoms with E-state index < -0.39 is 0 Å². The summed E-state index contributed by atoms with van der Waals surface area (Å²) in [4.78, 5) is 2.19. The third-order valence-electron chi connectivity index (χ3n) is 2.65. The molecule has 1 radical (unpaired) electrons. The molecule has 0 aliphatic carbocycles. The van der Waals surface area contributed by atoms with E-state index in [1.807, 2.05) is 31.2 Å². The first kappa shape index (κ1) is 11.5. The lowest BCUT2D eigenvalue weighted by Gasteiger charge is -2.24. The molecule has 0 N–H and O–H groups in total. The van der Waals surface area contributed by atoms with Crippen LogP contribution >= 0.6 is 0 Å². The van der Waals surface area contributed by atoms with Crippen molar-refractivity contribution in [3.05, 3.63) is 78.5 Å². The molecular formula is C16H16N. The van der Waals surface area contributed by atoms with Gasteiger partial charge in [0.05, 0.1) is 0 Å². The van der Waals surface area contributed by atoms with E-state index in [0.717, 1.165) is 17.9 Å². The van der Waals surface area contributed by atoms with Gasteiger partial charge in [0.2, 0.25) is 0 Å². The number of rotatable bonds is 4. The zero-order valence-electron chi connectivity index (χ0n) is 10.1. The van der Waals surface area contributed by atoms with Gasteiger partial charge >= 0.3 is 0 Å². The quantitative estimate of drug-likeness (QED) is 0.755. The lowest BCUT2D eigenvalue weighted by molar-refractivity contribution is 0.916. The van der Waals surface area contributed by atoms with Gasteiger partial charge in [-0.1, -0.05) is 49.0 Å². The average molecular weight is 222 g/mol. The summed E-state index contributed by atoms with van der Waals surface area (Å²) >= 11 is 0. The van der Waals surface area contributed by atoms with Crippen LogP contribution in [0.4, 0.5) is 5.69 Å². The van der Waals surface area contributed by atoms with Crippen molar-refractivity contribution in [2.75, 3.05) is 4.90 Å². The van der Waals surface area contributed by atoms with Crippen LogP contribution in [0.5, 0.6) is 0 Å². The van der Waals surface area contributed by atoms with E-state index in [0.29, 0.717) is 0 Å². The summed E-state index contributed by atoms with van der Waals surface area (Å²) in [6.07, 6.45) is 0. The van der Waals surface area contributed by atoms with Crippen LogP contribution in [0.1, 0.15) is 12.5 Å². The standard InChI is InChI=1S/C16H16N/c1-14(2)17(16-11-7-4-8-12-16)13-15-9-5-3-6-10-15/h3-7,9-12H,1,13H2,2H3. The summed E-state index contributed by atoms with van der Waals surface area (Å²) in [6.45, 7) is 6.91. The molecule has 0 aromatic heterocycles. The van der Waals surface area contributed by atoms with Crippen molar-refractivity contribution < 1.29 is 0 Å². The molecule has 0 bridgehead atoms. The second-order valence-corrected chi connectivity index (χ2v) is 4.07. The number of nitrogens with zero attached hydrogens (tertiary/aromatic N) is 1. The zero-order valence-corrected chi connectivity index (χ0v) is 10.1. The molecular weight excluding hydrogens is 206 g/mol. The SMILES string of the molecule is C=C(C)N(Cc1ccccc1)c1c[c]ccc1. The van der Waals surface area contributed by atoms with Gasteiger partial charge in [0.1, 0.15) is 0 Å². The molecule has 17 heavy (non-hydrogen) atoms. The van der Waals surface area contributed by atoms with Gasteiger partial charge in [-0.2, -0.15) is 0 Å². The summed E-state index contributed by atoms with van der Waals surface area (Å²) in [5.41, 5.74) is 3.44. The third kappa shape index (κ3) is 2.97. The number of hydrogen-bond donors (Lipinski definition) is 0. The van der Waals surface area contributed by atoms with Crippen molar-refractivity contribution >= 4 is 5.69 Å². The van der Waals surface area contributed by atoms with Crippen molar-refractivity contribution in [3.63, 3.8) is 0 Å². The first-order valence-corrected chi connectivity index (χ1v) is 5.70. The average Bonchev–Trinajstić information content (AvgIpc) is 2.38. The zero-order chi connectivity index (χ0) is 12.1. The topological polar surface area (TPSA) is 3.24 Å². The van der Waals surface area contributed by atoms with Gasteiger partial charge in [0, 0.05) is 17.9 Å².